The van der Waals surface area contributed by atoms with E-state index in [0.29, 0.717) is 22.6 Å². The normalized spacial score (nSPS) is 11.0. The molecule has 0 bridgehead atoms. The van der Waals surface area contributed by atoms with Crippen molar-refractivity contribution in [2.24, 2.45) is 0 Å². The number of methoxy groups -OCH3 is 2. The Morgan fingerprint density at radius 3 is 2.29 bits per heavy atom. The molecule has 0 N–H and O–H groups in total. The molecule has 0 saturated carbocycles. The van der Waals surface area contributed by atoms with Crippen molar-refractivity contribution in [2.45, 2.75) is 0 Å². The van der Waals surface area contributed by atoms with Gasteiger partial charge in [-0.2, -0.15) is 0 Å². The molecule has 0 radical (unpaired) electrons. The number of benzene rings is 2. The van der Waals surface area contributed by atoms with E-state index in [2.05, 4.69) is 0 Å². The molecule has 2 aromatic rings. The second-order valence-electron chi connectivity index (χ2n) is 4.27. The average molecular weight is 285 g/mol. The second-order valence-corrected chi connectivity index (χ2v) is 4.27. The molecule has 108 valence electrons. The average Bonchev–Trinajstić information content (AvgIpc) is 2.52. The predicted octanol–water partition coefficient (Wildman–Crippen LogP) is 3.48. The lowest BCUT2D eigenvalue weighted by Crippen LogP contribution is -1.98. The highest BCUT2D eigenvalue weighted by atomic mass is 16.6. The van der Waals surface area contributed by atoms with E-state index in [-0.39, 0.29) is 5.70 Å². The minimum atomic E-state index is -0.397. The molecular formula is C16H15NO4. The number of rotatable bonds is 5. The largest absolute Gasteiger partial charge is 0.493 e. The third-order valence-corrected chi connectivity index (χ3v) is 2.98. The maximum atomic E-state index is 11.3. The third-order valence-electron chi connectivity index (χ3n) is 2.98. The van der Waals surface area contributed by atoms with Gasteiger partial charge in [0.2, 0.25) is 0 Å². The summed E-state index contributed by atoms with van der Waals surface area (Å²) >= 11 is 0. The first-order valence-electron chi connectivity index (χ1n) is 6.29. The van der Waals surface area contributed by atoms with Crippen LogP contribution in [0.3, 0.4) is 0 Å². The van der Waals surface area contributed by atoms with Gasteiger partial charge in [-0.25, -0.2) is 0 Å². The van der Waals surface area contributed by atoms with Gasteiger partial charge in [0, 0.05) is 6.08 Å². The van der Waals surface area contributed by atoms with Crippen LogP contribution in [-0.4, -0.2) is 19.1 Å². The summed E-state index contributed by atoms with van der Waals surface area (Å²) in [6, 6.07) is 13.9. The van der Waals surface area contributed by atoms with Crippen molar-refractivity contribution in [1.82, 2.24) is 0 Å². The number of ether oxygens (including phenoxy) is 2. The number of nitrogens with zero attached hydrogens (tertiary/aromatic N) is 1. The van der Waals surface area contributed by atoms with Gasteiger partial charge in [-0.3, -0.25) is 10.1 Å². The van der Waals surface area contributed by atoms with E-state index in [1.165, 1.54) is 13.2 Å². The minimum Gasteiger partial charge on any atom is -0.493 e. The summed E-state index contributed by atoms with van der Waals surface area (Å²) in [7, 11) is 3.07. The van der Waals surface area contributed by atoms with Gasteiger partial charge in [0.15, 0.2) is 11.5 Å². The summed E-state index contributed by atoms with van der Waals surface area (Å²) in [5.74, 6) is 1.11. The Morgan fingerprint density at radius 1 is 1.05 bits per heavy atom. The van der Waals surface area contributed by atoms with Crippen LogP contribution < -0.4 is 9.47 Å². The van der Waals surface area contributed by atoms with Crippen LogP contribution in [0.1, 0.15) is 11.1 Å². The van der Waals surface area contributed by atoms with Crippen LogP contribution in [0, 0.1) is 10.1 Å². The van der Waals surface area contributed by atoms with Crippen LogP contribution in [0.5, 0.6) is 11.5 Å². The highest BCUT2D eigenvalue weighted by Crippen LogP contribution is 2.29. The zero-order valence-electron chi connectivity index (χ0n) is 11.8. The minimum absolute atomic E-state index is 0.0304. The van der Waals surface area contributed by atoms with Crippen LogP contribution >= 0.6 is 0 Å². The fourth-order valence-corrected chi connectivity index (χ4v) is 1.95. The lowest BCUT2D eigenvalue weighted by molar-refractivity contribution is -0.374. The molecule has 0 atom stereocenters. The van der Waals surface area contributed by atoms with Crippen molar-refractivity contribution in [1.29, 1.82) is 0 Å². The molecule has 0 unspecified atom stereocenters. The SMILES string of the molecule is COc1ccc(C=C(c2ccccc2)[N+](=O)[O-])cc1OC. The van der Waals surface area contributed by atoms with Crippen molar-refractivity contribution in [3.8, 4) is 11.5 Å². The molecule has 0 amide bonds. The predicted molar refractivity (Wildman–Crippen MR) is 80.9 cm³/mol. The van der Waals surface area contributed by atoms with Gasteiger partial charge in [0.1, 0.15) is 0 Å². The smallest absolute Gasteiger partial charge is 0.277 e. The zero-order valence-corrected chi connectivity index (χ0v) is 11.8. The number of hydrogen-bond donors (Lipinski definition) is 0. The van der Waals surface area contributed by atoms with E-state index >= 15 is 0 Å². The lowest BCUT2D eigenvalue weighted by Gasteiger charge is -2.07. The van der Waals surface area contributed by atoms with Crippen LogP contribution in [-0.2, 0) is 0 Å². The van der Waals surface area contributed by atoms with Gasteiger partial charge in [0.05, 0.1) is 24.7 Å². The van der Waals surface area contributed by atoms with Gasteiger partial charge >= 0.3 is 0 Å². The molecule has 5 heteroatoms. The Labute approximate surface area is 122 Å². The summed E-state index contributed by atoms with van der Waals surface area (Å²) in [5, 5.41) is 11.3. The van der Waals surface area contributed by atoms with Crippen LogP contribution in [0.15, 0.2) is 48.5 Å². The summed E-state index contributed by atoms with van der Waals surface area (Å²) in [5.41, 5.74) is 1.25. The highest BCUT2D eigenvalue weighted by Gasteiger charge is 2.14. The van der Waals surface area contributed by atoms with Gasteiger partial charge < -0.3 is 9.47 Å². The van der Waals surface area contributed by atoms with E-state index in [1.54, 1.807) is 49.6 Å². The Kier molecular flexibility index (Phi) is 4.56. The summed E-state index contributed by atoms with van der Waals surface area (Å²) in [6.45, 7) is 0. The molecule has 0 aliphatic carbocycles. The van der Waals surface area contributed by atoms with Crippen LogP contribution in [0.25, 0.3) is 11.8 Å². The summed E-state index contributed by atoms with van der Waals surface area (Å²) < 4.78 is 10.3. The molecule has 0 saturated heterocycles. The van der Waals surface area contributed by atoms with Crippen molar-refractivity contribution in [3.63, 3.8) is 0 Å². The molecule has 0 aromatic heterocycles. The van der Waals surface area contributed by atoms with Gasteiger partial charge in [-0.1, -0.05) is 24.3 Å². The molecule has 2 rings (SSSR count). The third kappa shape index (κ3) is 3.39. The fraction of sp³-hybridized carbons (Fsp3) is 0.125. The highest BCUT2D eigenvalue weighted by molar-refractivity contribution is 5.77. The Bertz CT molecular complexity index is 665. The van der Waals surface area contributed by atoms with Crippen LogP contribution in [0.4, 0.5) is 0 Å². The molecule has 21 heavy (non-hydrogen) atoms. The van der Waals surface area contributed by atoms with E-state index in [9.17, 15) is 10.1 Å². The topological polar surface area (TPSA) is 61.6 Å². The second kappa shape index (κ2) is 6.56. The zero-order chi connectivity index (χ0) is 15.2. The molecule has 2 aromatic carbocycles. The number of hydrogen-bond acceptors (Lipinski definition) is 4. The maximum Gasteiger partial charge on any atom is 0.277 e. The Morgan fingerprint density at radius 2 is 1.71 bits per heavy atom. The van der Waals surface area contributed by atoms with E-state index in [1.807, 2.05) is 6.07 Å². The van der Waals surface area contributed by atoms with Gasteiger partial charge in [-0.05, 0) is 29.8 Å². The molecule has 0 aliphatic heterocycles. The lowest BCUT2D eigenvalue weighted by atomic mass is 10.1. The van der Waals surface area contributed by atoms with Crippen molar-refractivity contribution >= 4 is 11.8 Å². The molecular weight excluding hydrogens is 270 g/mol. The molecule has 0 heterocycles. The molecule has 0 aliphatic rings. The van der Waals surface area contributed by atoms with Gasteiger partial charge in [0.25, 0.3) is 5.70 Å². The first kappa shape index (κ1) is 14.6. The number of nitro groups is 1. The quantitative estimate of drug-likeness (QED) is 0.479. The first-order valence-corrected chi connectivity index (χ1v) is 6.29. The van der Waals surface area contributed by atoms with E-state index in [0.717, 1.165) is 0 Å². The summed E-state index contributed by atoms with van der Waals surface area (Å²) in [6.07, 6.45) is 1.51. The monoisotopic (exact) mass is 285 g/mol. The maximum absolute atomic E-state index is 11.3. The molecule has 5 nitrogen and oxygen atoms in total. The van der Waals surface area contributed by atoms with Crippen molar-refractivity contribution in [2.75, 3.05) is 14.2 Å². The van der Waals surface area contributed by atoms with Crippen LogP contribution in [0.2, 0.25) is 0 Å². The van der Waals surface area contributed by atoms with E-state index in [4.69, 9.17) is 9.47 Å². The first-order chi connectivity index (χ1) is 10.2. The Hall–Kier alpha value is -2.82. The van der Waals surface area contributed by atoms with Crippen molar-refractivity contribution in [3.05, 3.63) is 69.8 Å². The van der Waals surface area contributed by atoms with Crippen molar-refractivity contribution < 1.29 is 14.4 Å². The fourth-order valence-electron chi connectivity index (χ4n) is 1.95. The van der Waals surface area contributed by atoms with Gasteiger partial charge in [-0.15, -0.1) is 0 Å². The molecule has 0 fully saturated rings. The Balaban J connectivity index is 2.46. The van der Waals surface area contributed by atoms with E-state index < -0.39 is 4.92 Å². The standard InChI is InChI=1S/C16H15NO4/c1-20-15-9-8-12(11-16(15)21-2)10-14(17(18)19)13-6-4-3-5-7-13/h3-11H,1-2H3. The molecule has 0 spiro atoms. The summed E-state index contributed by atoms with van der Waals surface area (Å²) in [4.78, 5) is 10.9.